The van der Waals surface area contributed by atoms with E-state index in [1.54, 1.807) is 31.2 Å². The van der Waals surface area contributed by atoms with Crippen molar-refractivity contribution in [1.29, 1.82) is 0 Å². The first-order valence-corrected chi connectivity index (χ1v) is 7.96. The molecule has 3 rings (SSSR count). The van der Waals surface area contributed by atoms with Gasteiger partial charge >= 0.3 is 0 Å². The maximum absolute atomic E-state index is 12.4. The molecule has 5 nitrogen and oxygen atoms in total. The molecule has 0 saturated heterocycles. The van der Waals surface area contributed by atoms with Crippen molar-refractivity contribution < 1.29 is 14.3 Å². The second-order valence-corrected chi connectivity index (χ2v) is 6.15. The third-order valence-corrected chi connectivity index (χ3v) is 3.97. The smallest absolute Gasteiger partial charge is 0.268 e. The van der Waals surface area contributed by atoms with E-state index < -0.39 is 6.10 Å². The van der Waals surface area contributed by atoms with E-state index in [1.807, 2.05) is 25.1 Å². The summed E-state index contributed by atoms with van der Waals surface area (Å²) in [4.78, 5) is 26.2. The van der Waals surface area contributed by atoms with Gasteiger partial charge in [0.15, 0.2) is 6.10 Å². The van der Waals surface area contributed by atoms with Gasteiger partial charge in [0.25, 0.3) is 5.91 Å². The van der Waals surface area contributed by atoms with E-state index >= 15 is 0 Å². The fourth-order valence-corrected chi connectivity index (χ4v) is 2.78. The van der Waals surface area contributed by atoms with Crippen molar-refractivity contribution in [1.82, 2.24) is 0 Å². The summed E-state index contributed by atoms with van der Waals surface area (Å²) in [6, 6.07) is 12.5. The van der Waals surface area contributed by atoms with Gasteiger partial charge in [-0.15, -0.1) is 0 Å². The van der Waals surface area contributed by atoms with E-state index in [0.29, 0.717) is 22.1 Å². The third kappa shape index (κ3) is 3.36. The number of ether oxygens (including phenoxy) is 1. The average Bonchev–Trinajstić information content (AvgIpc) is 2.52. The molecule has 2 amide bonds. The summed E-state index contributed by atoms with van der Waals surface area (Å²) in [5.74, 6) is -0.0204. The van der Waals surface area contributed by atoms with Crippen molar-refractivity contribution in [2.75, 3.05) is 16.8 Å². The molecule has 24 heavy (non-hydrogen) atoms. The number of rotatable bonds is 3. The summed E-state index contributed by atoms with van der Waals surface area (Å²) >= 11 is 6.02. The van der Waals surface area contributed by atoms with Crippen molar-refractivity contribution in [3.63, 3.8) is 0 Å². The van der Waals surface area contributed by atoms with Gasteiger partial charge in [0.1, 0.15) is 12.3 Å². The lowest BCUT2D eigenvalue weighted by atomic mass is 10.2. The van der Waals surface area contributed by atoms with E-state index in [4.69, 9.17) is 16.3 Å². The highest BCUT2D eigenvalue weighted by atomic mass is 35.5. The van der Waals surface area contributed by atoms with E-state index in [1.165, 1.54) is 4.90 Å². The Morgan fingerprint density at radius 1 is 1.29 bits per heavy atom. The Morgan fingerprint density at radius 2 is 2.08 bits per heavy atom. The van der Waals surface area contributed by atoms with Crippen LogP contribution in [0.5, 0.6) is 5.75 Å². The highest BCUT2D eigenvalue weighted by Crippen LogP contribution is 2.36. The molecule has 0 fully saturated rings. The second kappa shape index (κ2) is 6.53. The van der Waals surface area contributed by atoms with Gasteiger partial charge in [-0.05, 0) is 49.7 Å². The minimum atomic E-state index is -0.648. The summed E-state index contributed by atoms with van der Waals surface area (Å²) in [5.41, 5.74) is 2.24. The Labute approximate surface area is 145 Å². The van der Waals surface area contributed by atoms with Crippen LogP contribution in [-0.2, 0) is 9.59 Å². The second-order valence-electron chi connectivity index (χ2n) is 5.71. The molecule has 2 aromatic rings. The first-order valence-electron chi connectivity index (χ1n) is 7.58. The monoisotopic (exact) mass is 344 g/mol. The SMILES string of the molecule is Cc1cccc(NC(=O)CN2C(=O)C(C)Oc3ccc(Cl)cc32)c1. The largest absolute Gasteiger partial charge is 0.479 e. The summed E-state index contributed by atoms with van der Waals surface area (Å²) in [6.45, 7) is 3.50. The van der Waals surface area contributed by atoms with Crippen LogP contribution in [0.25, 0.3) is 0 Å². The molecule has 0 bridgehead atoms. The topological polar surface area (TPSA) is 58.6 Å². The van der Waals surface area contributed by atoms with Gasteiger partial charge in [-0.2, -0.15) is 0 Å². The molecule has 0 aliphatic carbocycles. The minimum Gasteiger partial charge on any atom is -0.479 e. The summed E-state index contributed by atoms with van der Waals surface area (Å²) in [5, 5.41) is 3.28. The van der Waals surface area contributed by atoms with Crippen LogP contribution in [0, 0.1) is 6.92 Å². The number of amides is 2. The molecule has 1 unspecified atom stereocenters. The molecule has 2 aromatic carbocycles. The molecular weight excluding hydrogens is 328 g/mol. The van der Waals surface area contributed by atoms with E-state index in [-0.39, 0.29) is 18.4 Å². The van der Waals surface area contributed by atoms with Crippen LogP contribution in [0.3, 0.4) is 0 Å². The lowest BCUT2D eigenvalue weighted by Gasteiger charge is -2.32. The van der Waals surface area contributed by atoms with E-state index in [9.17, 15) is 9.59 Å². The van der Waals surface area contributed by atoms with Crippen LogP contribution in [0.1, 0.15) is 12.5 Å². The van der Waals surface area contributed by atoms with Gasteiger partial charge in [-0.1, -0.05) is 23.7 Å². The quantitative estimate of drug-likeness (QED) is 0.928. The maximum Gasteiger partial charge on any atom is 0.268 e. The Kier molecular flexibility index (Phi) is 4.44. The maximum atomic E-state index is 12.4. The summed E-state index contributed by atoms with van der Waals surface area (Å²) in [7, 11) is 0. The molecule has 1 aliphatic heterocycles. The number of halogens is 1. The zero-order valence-corrected chi connectivity index (χ0v) is 14.1. The van der Waals surface area contributed by atoms with Crippen LogP contribution in [0.15, 0.2) is 42.5 Å². The summed E-state index contributed by atoms with van der Waals surface area (Å²) < 4.78 is 5.56. The number of benzene rings is 2. The Morgan fingerprint density at radius 3 is 2.83 bits per heavy atom. The van der Waals surface area contributed by atoms with Crippen LogP contribution < -0.4 is 15.0 Å². The molecule has 1 atom stereocenters. The highest BCUT2D eigenvalue weighted by Gasteiger charge is 2.32. The van der Waals surface area contributed by atoms with E-state index in [2.05, 4.69) is 5.32 Å². The first-order chi connectivity index (χ1) is 11.4. The van der Waals surface area contributed by atoms with Crippen molar-refractivity contribution in [2.45, 2.75) is 20.0 Å². The normalized spacial score (nSPS) is 16.4. The number of fused-ring (bicyclic) bond motifs is 1. The zero-order valence-electron chi connectivity index (χ0n) is 13.4. The molecule has 0 radical (unpaired) electrons. The van der Waals surface area contributed by atoms with Crippen molar-refractivity contribution >= 4 is 34.8 Å². The third-order valence-electron chi connectivity index (χ3n) is 3.73. The van der Waals surface area contributed by atoms with Crippen molar-refractivity contribution in [3.8, 4) is 5.75 Å². The number of hydrogen-bond acceptors (Lipinski definition) is 3. The van der Waals surface area contributed by atoms with Gasteiger partial charge in [0.05, 0.1) is 5.69 Å². The molecular formula is C18H17ClN2O3. The minimum absolute atomic E-state index is 0.103. The molecule has 0 spiro atoms. The van der Waals surface area contributed by atoms with Gasteiger partial charge in [0, 0.05) is 10.7 Å². The fraction of sp³-hybridized carbons (Fsp3) is 0.222. The van der Waals surface area contributed by atoms with E-state index in [0.717, 1.165) is 5.56 Å². The number of carbonyl (C=O) groups is 2. The predicted molar refractivity (Wildman–Crippen MR) is 93.7 cm³/mol. The fourth-order valence-electron chi connectivity index (χ4n) is 2.61. The first kappa shape index (κ1) is 16.3. The number of nitrogens with zero attached hydrogens (tertiary/aromatic N) is 1. The molecule has 1 aliphatic rings. The Bertz CT molecular complexity index is 807. The number of anilines is 2. The summed E-state index contributed by atoms with van der Waals surface area (Å²) in [6.07, 6.45) is -0.648. The average molecular weight is 345 g/mol. The highest BCUT2D eigenvalue weighted by molar-refractivity contribution is 6.31. The van der Waals surface area contributed by atoms with Crippen LogP contribution in [-0.4, -0.2) is 24.5 Å². The number of nitrogens with one attached hydrogen (secondary N) is 1. The molecule has 0 saturated carbocycles. The number of aryl methyl sites for hydroxylation is 1. The van der Waals surface area contributed by atoms with Gasteiger partial charge in [-0.25, -0.2) is 0 Å². The van der Waals surface area contributed by atoms with Gasteiger partial charge in [0.2, 0.25) is 5.91 Å². The molecule has 1 heterocycles. The molecule has 0 aromatic heterocycles. The van der Waals surface area contributed by atoms with Gasteiger partial charge in [-0.3, -0.25) is 14.5 Å². The van der Waals surface area contributed by atoms with Crippen molar-refractivity contribution in [2.24, 2.45) is 0 Å². The van der Waals surface area contributed by atoms with Gasteiger partial charge < -0.3 is 10.1 Å². The number of carbonyl (C=O) groups excluding carboxylic acids is 2. The predicted octanol–water partition coefficient (Wildman–Crippen LogP) is 3.40. The standard InChI is InChI=1S/C18H17ClN2O3/c1-11-4-3-5-14(8-11)20-17(22)10-21-15-9-13(19)6-7-16(15)24-12(2)18(21)23/h3-9,12H,10H2,1-2H3,(H,20,22). The lowest BCUT2D eigenvalue weighted by molar-refractivity contribution is -0.127. The molecule has 6 heteroatoms. The van der Waals surface area contributed by atoms with Crippen LogP contribution in [0.2, 0.25) is 5.02 Å². The Balaban J connectivity index is 1.82. The molecule has 124 valence electrons. The van der Waals surface area contributed by atoms with Crippen molar-refractivity contribution in [3.05, 3.63) is 53.1 Å². The van der Waals surface area contributed by atoms with Crippen LogP contribution >= 0.6 is 11.6 Å². The number of hydrogen-bond donors (Lipinski definition) is 1. The lowest BCUT2D eigenvalue weighted by Crippen LogP contribution is -2.47. The zero-order chi connectivity index (χ0) is 17.3. The Hall–Kier alpha value is -2.53. The molecule has 1 N–H and O–H groups in total. The van der Waals surface area contributed by atoms with Crippen LogP contribution in [0.4, 0.5) is 11.4 Å².